The molecule has 26 heavy (non-hydrogen) atoms. The fraction of sp³-hybridized carbons (Fsp3) is 0.316. The number of sulfonamides is 1. The van der Waals surface area contributed by atoms with Gasteiger partial charge in [0.15, 0.2) is 0 Å². The molecule has 0 bridgehead atoms. The van der Waals surface area contributed by atoms with Gasteiger partial charge in [0.05, 0.1) is 16.1 Å². The number of aryl methyl sites for hydroxylation is 1. The molecule has 2 aromatic carbocycles. The first-order valence-electron chi connectivity index (χ1n) is 8.42. The van der Waals surface area contributed by atoms with Gasteiger partial charge in [-0.25, -0.2) is 18.1 Å². The molecule has 0 radical (unpaired) electrons. The van der Waals surface area contributed by atoms with E-state index in [0.29, 0.717) is 11.9 Å². The molecule has 3 aromatic rings. The second-order valence-corrected chi connectivity index (χ2v) is 9.24. The first-order valence-corrected chi connectivity index (χ1v) is 10.3. The van der Waals surface area contributed by atoms with Crippen LogP contribution in [-0.4, -0.2) is 23.5 Å². The van der Waals surface area contributed by atoms with Crippen molar-refractivity contribution in [1.82, 2.24) is 14.3 Å². The summed E-state index contributed by atoms with van der Waals surface area (Å²) in [5.41, 5.74) is 1.75. The lowest BCUT2D eigenvalue weighted by atomic mass is 10.1. The van der Waals surface area contributed by atoms with Crippen molar-refractivity contribution in [2.24, 2.45) is 0 Å². The fourth-order valence-electron chi connectivity index (χ4n) is 2.90. The predicted molar refractivity (Wildman–Crippen MR) is 106 cm³/mol. The third-order valence-electron chi connectivity index (χ3n) is 3.84. The molecular formula is C19H22ClN3O2S. The second-order valence-electron chi connectivity index (χ2n) is 7.18. The Hall–Kier alpha value is -1.89. The lowest BCUT2D eigenvalue weighted by Gasteiger charge is -2.20. The Morgan fingerprint density at radius 1 is 1.15 bits per heavy atom. The molecule has 3 rings (SSSR count). The van der Waals surface area contributed by atoms with E-state index in [9.17, 15) is 8.42 Å². The van der Waals surface area contributed by atoms with E-state index in [-0.39, 0.29) is 9.92 Å². The molecule has 1 heterocycles. The van der Waals surface area contributed by atoms with Crippen LogP contribution in [0.5, 0.6) is 0 Å². The van der Waals surface area contributed by atoms with Crippen LogP contribution >= 0.6 is 11.6 Å². The fourth-order valence-corrected chi connectivity index (χ4v) is 4.86. The monoisotopic (exact) mass is 391 g/mol. The first-order chi connectivity index (χ1) is 12.1. The predicted octanol–water partition coefficient (Wildman–Crippen LogP) is 4.32. The number of imidazole rings is 1. The van der Waals surface area contributed by atoms with E-state index in [1.54, 1.807) is 32.9 Å². The Bertz CT molecular complexity index is 1050. The second kappa shape index (κ2) is 6.68. The van der Waals surface area contributed by atoms with Gasteiger partial charge in [0.2, 0.25) is 10.0 Å². The normalized spacial score (nSPS) is 12.7. The van der Waals surface area contributed by atoms with Gasteiger partial charge in [0.1, 0.15) is 10.7 Å². The van der Waals surface area contributed by atoms with E-state index in [1.807, 2.05) is 41.8 Å². The average molecular weight is 392 g/mol. The first kappa shape index (κ1) is 18.9. The molecule has 7 heteroatoms. The summed E-state index contributed by atoms with van der Waals surface area (Å²) in [6, 6.07) is 13.0. The van der Waals surface area contributed by atoms with Gasteiger partial charge in [-0.1, -0.05) is 36.7 Å². The van der Waals surface area contributed by atoms with E-state index in [4.69, 9.17) is 11.6 Å². The molecule has 0 saturated heterocycles. The quantitative estimate of drug-likeness (QED) is 0.720. The largest absolute Gasteiger partial charge is 0.296 e. The van der Waals surface area contributed by atoms with Gasteiger partial charge < -0.3 is 0 Å². The number of halogens is 1. The van der Waals surface area contributed by atoms with E-state index in [2.05, 4.69) is 9.71 Å². The van der Waals surface area contributed by atoms with Crippen molar-refractivity contribution < 1.29 is 8.42 Å². The summed E-state index contributed by atoms with van der Waals surface area (Å²) in [6.45, 7) is 7.38. The van der Waals surface area contributed by atoms with E-state index >= 15 is 0 Å². The Balaban J connectivity index is 2.23. The highest BCUT2D eigenvalue weighted by atomic mass is 35.5. The zero-order chi connectivity index (χ0) is 19.1. The summed E-state index contributed by atoms with van der Waals surface area (Å²) in [5, 5.41) is 0.175. The molecular weight excluding hydrogens is 370 g/mol. The number of hydrogen-bond acceptors (Lipinski definition) is 3. The zero-order valence-electron chi connectivity index (χ0n) is 15.2. The van der Waals surface area contributed by atoms with Gasteiger partial charge in [-0.05, 0) is 45.0 Å². The number of hydrogen-bond donors (Lipinski definition) is 1. The van der Waals surface area contributed by atoms with Crippen molar-refractivity contribution in [3.63, 3.8) is 0 Å². The van der Waals surface area contributed by atoms with Crippen LogP contribution in [0.25, 0.3) is 16.7 Å². The lowest BCUT2D eigenvalue weighted by Crippen LogP contribution is -2.40. The van der Waals surface area contributed by atoms with Crippen molar-refractivity contribution in [3.8, 4) is 5.69 Å². The maximum atomic E-state index is 12.7. The highest BCUT2D eigenvalue weighted by molar-refractivity contribution is 7.89. The van der Waals surface area contributed by atoms with Crippen LogP contribution in [0, 0.1) is 0 Å². The molecule has 1 N–H and O–H groups in total. The van der Waals surface area contributed by atoms with Crippen LogP contribution < -0.4 is 4.72 Å². The van der Waals surface area contributed by atoms with Crippen LogP contribution in [0.15, 0.2) is 47.4 Å². The van der Waals surface area contributed by atoms with Crippen molar-refractivity contribution in [2.45, 2.75) is 44.6 Å². The molecule has 138 valence electrons. The lowest BCUT2D eigenvalue weighted by molar-refractivity contribution is 0.491. The molecule has 0 unspecified atom stereocenters. The van der Waals surface area contributed by atoms with E-state index < -0.39 is 15.6 Å². The van der Waals surface area contributed by atoms with Gasteiger partial charge >= 0.3 is 0 Å². The number of nitrogens with zero attached hydrogens (tertiary/aromatic N) is 2. The third kappa shape index (κ3) is 3.63. The maximum absolute atomic E-state index is 12.7. The summed E-state index contributed by atoms with van der Waals surface area (Å²) in [6.07, 6.45) is 0.712. The summed E-state index contributed by atoms with van der Waals surface area (Å²) < 4.78 is 30.1. The van der Waals surface area contributed by atoms with Crippen molar-refractivity contribution >= 4 is 32.7 Å². The Labute approximate surface area is 159 Å². The number of rotatable bonds is 4. The molecule has 0 amide bonds. The Morgan fingerprint density at radius 2 is 1.81 bits per heavy atom. The van der Waals surface area contributed by atoms with Crippen molar-refractivity contribution in [3.05, 3.63) is 53.3 Å². The van der Waals surface area contributed by atoms with Crippen molar-refractivity contribution in [1.29, 1.82) is 0 Å². The number of benzene rings is 2. The number of para-hydroxylation sites is 1. The maximum Gasteiger partial charge on any atom is 0.242 e. The Kier molecular flexibility index (Phi) is 4.86. The topological polar surface area (TPSA) is 64.0 Å². The minimum Gasteiger partial charge on any atom is -0.296 e. The highest BCUT2D eigenvalue weighted by Crippen LogP contribution is 2.30. The molecule has 0 spiro atoms. The van der Waals surface area contributed by atoms with Gasteiger partial charge in [-0.15, -0.1) is 0 Å². The third-order valence-corrected chi connectivity index (χ3v) is 6.06. The summed E-state index contributed by atoms with van der Waals surface area (Å²) in [7, 11) is -3.75. The SMILES string of the molecule is CCc1nc2cc(S(=O)(=O)NC(C)(C)C)c(Cl)cc2n1-c1ccccc1. The number of nitrogens with one attached hydrogen (secondary N) is 1. The molecule has 0 aliphatic carbocycles. The molecule has 0 atom stereocenters. The Morgan fingerprint density at radius 3 is 2.38 bits per heavy atom. The molecule has 0 aliphatic heterocycles. The minimum atomic E-state index is -3.75. The van der Waals surface area contributed by atoms with Crippen LogP contribution in [-0.2, 0) is 16.4 Å². The van der Waals surface area contributed by atoms with Gasteiger partial charge in [-0.3, -0.25) is 4.57 Å². The van der Waals surface area contributed by atoms with E-state index in [1.165, 1.54) is 0 Å². The highest BCUT2D eigenvalue weighted by Gasteiger charge is 2.26. The molecule has 0 fully saturated rings. The summed E-state index contributed by atoms with van der Waals surface area (Å²) in [4.78, 5) is 4.67. The van der Waals surface area contributed by atoms with Crippen LogP contribution in [0.3, 0.4) is 0 Å². The molecule has 0 saturated carbocycles. The minimum absolute atomic E-state index is 0.0435. The number of fused-ring (bicyclic) bond motifs is 1. The van der Waals surface area contributed by atoms with Crippen LogP contribution in [0.4, 0.5) is 0 Å². The summed E-state index contributed by atoms with van der Waals surface area (Å²) in [5.74, 6) is 0.848. The van der Waals surface area contributed by atoms with Crippen molar-refractivity contribution in [2.75, 3.05) is 0 Å². The zero-order valence-corrected chi connectivity index (χ0v) is 16.8. The van der Waals surface area contributed by atoms with Gasteiger partial charge in [0.25, 0.3) is 0 Å². The smallest absolute Gasteiger partial charge is 0.242 e. The summed E-state index contributed by atoms with van der Waals surface area (Å²) >= 11 is 6.37. The molecule has 5 nitrogen and oxygen atoms in total. The van der Waals surface area contributed by atoms with Gasteiger partial charge in [0, 0.05) is 17.6 Å². The number of aromatic nitrogens is 2. The standard InChI is InChI=1S/C19H22ClN3O2S/c1-5-18-21-15-12-17(26(24,25)22-19(2,3)4)14(20)11-16(15)23(18)13-9-7-6-8-10-13/h6-12,22H,5H2,1-4H3. The van der Waals surface area contributed by atoms with E-state index in [0.717, 1.165) is 17.0 Å². The van der Waals surface area contributed by atoms with Crippen LogP contribution in [0.2, 0.25) is 5.02 Å². The molecule has 0 aliphatic rings. The van der Waals surface area contributed by atoms with Crippen LogP contribution in [0.1, 0.15) is 33.5 Å². The molecule has 1 aromatic heterocycles. The average Bonchev–Trinajstić information content (AvgIpc) is 2.90. The van der Waals surface area contributed by atoms with Gasteiger partial charge in [-0.2, -0.15) is 0 Å².